The van der Waals surface area contributed by atoms with Crippen LogP contribution in [0.2, 0.25) is 0 Å². The van der Waals surface area contributed by atoms with Crippen molar-refractivity contribution in [1.82, 2.24) is 0 Å². The molecule has 0 atom stereocenters. The van der Waals surface area contributed by atoms with E-state index < -0.39 is 5.41 Å². The monoisotopic (exact) mass is 205 g/mol. The molecule has 0 heterocycles. The van der Waals surface area contributed by atoms with Crippen molar-refractivity contribution in [1.29, 1.82) is 0 Å². The van der Waals surface area contributed by atoms with E-state index in [1.165, 1.54) is 7.11 Å². The van der Waals surface area contributed by atoms with Crippen LogP contribution in [0.1, 0.15) is 19.4 Å². The molecule has 1 aromatic carbocycles. The Morgan fingerprint density at radius 2 is 1.87 bits per heavy atom. The van der Waals surface area contributed by atoms with Crippen LogP contribution in [0, 0.1) is 0 Å². The predicted octanol–water partition coefficient (Wildman–Crippen LogP) is 2.47. The van der Waals surface area contributed by atoms with Crippen molar-refractivity contribution in [2.45, 2.75) is 19.3 Å². The Bertz CT molecular complexity index is 366. The highest BCUT2D eigenvalue weighted by atomic mass is 16.5. The second-order valence-corrected chi connectivity index (χ2v) is 3.82. The largest absolute Gasteiger partial charge is 0.468 e. The lowest BCUT2D eigenvalue weighted by Gasteiger charge is -2.21. The Morgan fingerprint density at radius 3 is 2.27 bits per heavy atom. The van der Waals surface area contributed by atoms with Gasteiger partial charge in [0.05, 0.1) is 18.2 Å². The maximum Gasteiger partial charge on any atom is 0.315 e. The fraction of sp³-hybridized carbons (Fsp3) is 0.333. The zero-order chi connectivity index (χ0) is 11.5. The van der Waals surface area contributed by atoms with Crippen LogP contribution in [0.25, 0.3) is 0 Å². The second kappa shape index (κ2) is 4.26. The van der Waals surface area contributed by atoms with Crippen LogP contribution in [0.15, 0.2) is 29.3 Å². The smallest absolute Gasteiger partial charge is 0.315 e. The van der Waals surface area contributed by atoms with Crippen molar-refractivity contribution >= 4 is 18.4 Å². The quantitative estimate of drug-likeness (QED) is 0.561. The molecule has 0 bridgehead atoms. The normalized spacial score (nSPS) is 10.9. The molecular weight excluding hydrogens is 190 g/mol. The fourth-order valence-electron chi connectivity index (χ4n) is 1.36. The van der Waals surface area contributed by atoms with E-state index in [1.54, 1.807) is 0 Å². The molecule has 0 saturated carbocycles. The van der Waals surface area contributed by atoms with Gasteiger partial charge in [-0.25, -0.2) is 0 Å². The number of carbonyl (C=O) groups excluding carboxylic acids is 1. The first-order valence-electron chi connectivity index (χ1n) is 4.68. The molecule has 15 heavy (non-hydrogen) atoms. The first-order valence-corrected chi connectivity index (χ1v) is 4.68. The van der Waals surface area contributed by atoms with E-state index >= 15 is 0 Å². The van der Waals surface area contributed by atoms with Gasteiger partial charge >= 0.3 is 5.97 Å². The van der Waals surface area contributed by atoms with Gasteiger partial charge < -0.3 is 4.74 Å². The number of benzene rings is 1. The molecule has 0 aliphatic heterocycles. The van der Waals surface area contributed by atoms with Gasteiger partial charge in [0.25, 0.3) is 0 Å². The molecule has 0 spiro atoms. The summed E-state index contributed by atoms with van der Waals surface area (Å²) < 4.78 is 4.75. The van der Waals surface area contributed by atoms with E-state index in [4.69, 9.17) is 4.74 Å². The number of methoxy groups -OCH3 is 1. The van der Waals surface area contributed by atoms with Crippen LogP contribution >= 0.6 is 0 Å². The van der Waals surface area contributed by atoms with Crippen molar-refractivity contribution in [3.05, 3.63) is 29.8 Å². The van der Waals surface area contributed by atoms with E-state index in [0.29, 0.717) is 0 Å². The molecule has 0 amide bonds. The van der Waals surface area contributed by atoms with E-state index in [9.17, 15) is 4.79 Å². The third-order valence-electron chi connectivity index (χ3n) is 2.47. The highest BCUT2D eigenvalue weighted by Gasteiger charge is 2.30. The molecule has 0 aliphatic rings. The molecule has 0 radical (unpaired) electrons. The van der Waals surface area contributed by atoms with Gasteiger partial charge in [-0.2, -0.15) is 0 Å². The summed E-state index contributed by atoms with van der Waals surface area (Å²) in [6, 6.07) is 7.38. The molecule has 3 nitrogen and oxygen atoms in total. The Hall–Kier alpha value is -1.64. The second-order valence-electron chi connectivity index (χ2n) is 3.82. The van der Waals surface area contributed by atoms with Crippen LogP contribution in [0.5, 0.6) is 0 Å². The lowest BCUT2D eigenvalue weighted by molar-refractivity contribution is -0.146. The van der Waals surface area contributed by atoms with E-state index in [-0.39, 0.29) is 5.97 Å². The fourth-order valence-corrected chi connectivity index (χ4v) is 1.36. The number of esters is 1. The van der Waals surface area contributed by atoms with E-state index in [0.717, 1.165) is 11.3 Å². The average molecular weight is 205 g/mol. The molecular formula is C12H15NO2. The summed E-state index contributed by atoms with van der Waals surface area (Å²) in [6.07, 6.45) is 0. The molecule has 3 heteroatoms. The molecule has 0 unspecified atom stereocenters. The minimum absolute atomic E-state index is 0.248. The summed E-state index contributed by atoms with van der Waals surface area (Å²) in [5, 5.41) is 0. The maximum atomic E-state index is 11.5. The first kappa shape index (κ1) is 11.4. The van der Waals surface area contributed by atoms with Gasteiger partial charge in [0.2, 0.25) is 0 Å². The van der Waals surface area contributed by atoms with Crippen LogP contribution < -0.4 is 0 Å². The Balaban J connectivity index is 3.05. The summed E-state index contributed by atoms with van der Waals surface area (Å²) in [7, 11) is 1.39. The SMILES string of the molecule is C=Nc1ccc(C(C)(C)C(=O)OC)cc1. The minimum Gasteiger partial charge on any atom is -0.468 e. The van der Waals surface area contributed by atoms with E-state index in [2.05, 4.69) is 11.7 Å². The topological polar surface area (TPSA) is 38.7 Å². The van der Waals surface area contributed by atoms with E-state index in [1.807, 2.05) is 38.1 Å². The molecule has 0 aromatic heterocycles. The first-order chi connectivity index (χ1) is 7.02. The average Bonchev–Trinajstić information content (AvgIpc) is 2.28. The predicted molar refractivity (Wildman–Crippen MR) is 60.7 cm³/mol. The van der Waals surface area contributed by atoms with Crippen LogP contribution in [0.3, 0.4) is 0 Å². The van der Waals surface area contributed by atoms with Gasteiger partial charge in [0, 0.05) is 0 Å². The Labute approximate surface area is 89.8 Å². The van der Waals surface area contributed by atoms with Crippen molar-refractivity contribution in [2.24, 2.45) is 4.99 Å². The van der Waals surface area contributed by atoms with Gasteiger partial charge in [-0.05, 0) is 38.3 Å². The third-order valence-corrected chi connectivity index (χ3v) is 2.47. The van der Waals surface area contributed by atoms with Gasteiger partial charge in [0.1, 0.15) is 0 Å². The highest BCUT2D eigenvalue weighted by Crippen LogP contribution is 2.26. The molecule has 80 valence electrons. The Kier molecular flexibility index (Phi) is 3.24. The molecule has 1 aromatic rings. The number of aliphatic imine (C=N–C) groups is 1. The number of carbonyl (C=O) groups is 1. The van der Waals surface area contributed by atoms with Gasteiger partial charge in [-0.3, -0.25) is 9.79 Å². The van der Waals surface area contributed by atoms with Crippen LogP contribution in [-0.2, 0) is 14.9 Å². The van der Waals surface area contributed by atoms with Gasteiger partial charge in [0.15, 0.2) is 0 Å². The lowest BCUT2D eigenvalue weighted by atomic mass is 9.85. The third kappa shape index (κ3) is 2.24. The Morgan fingerprint density at radius 1 is 1.33 bits per heavy atom. The highest BCUT2D eigenvalue weighted by molar-refractivity contribution is 5.82. The summed E-state index contributed by atoms with van der Waals surface area (Å²) in [6.45, 7) is 7.09. The van der Waals surface area contributed by atoms with Crippen LogP contribution in [-0.4, -0.2) is 19.8 Å². The van der Waals surface area contributed by atoms with Gasteiger partial charge in [-0.1, -0.05) is 12.1 Å². The summed E-state index contributed by atoms with van der Waals surface area (Å²) in [5.74, 6) is -0.248. The molecule has 0 fully saturated rings. The number of ether oxygens (including phenoxy) is 1. The summed E-state index contributed by atoms with van der Waals surface area (Å²) >= 11 is 0. The number of rotatable bonds is 3. The van der Waals surface area contributed by atoms with Crippen molar-refractivity contribution in [2.75, 3.05) is 7.11 Å². The lowest BCUT2D eigenvalue weighted by Crippen LogP contribution is -2.30. The van der Waals surface area contributed by atoms with Gasteiger partial charge in [-0.15, -0.1) is 0 Å². The van der Waals surface area contributed by atoms with Crippen molar-refractivity contribution in [3.63, 3.8) is 0 Å². The standard InChI is InChI=1S/C12H15NO2/c1-12(2,11(14)15-4)9-5-7-10(13-3)8-6-9/h5-8H,3H2,1-2,4H3. The molecule has 0 aliphatic carbocycles. The molecule has 1 rings (SSSR count). The summed E-state index contributed by atoms with van der Waals surface area (Å²) in [5.41, 5.74) is 1.07. The maximum absolute atomic E-state index is 11.5. The minimum atomic E-state index is -0.631. The van der Waals surface area contributed by atoms with Crippen molar-refractivity contribution < 1.29 is 9.53 Å². The molecule has 0 saturated heterocycles. The summed E-state index contributed by atoms with van der Waals surface area (Å²) in [4.78, 5) is 15.3. The van der Waals surface area contributed by atoms with Crippen LogP contribution in [0.4, 0.5) is 5.69 Å². The van der Waals surface area contributed by atoms with Crippen molar-refractivity contribution in [3.8, 4) is 0 Å². The molecule has 0 N–H and O–H groups in total. The number of hydrogen-bond donors (Lipinski definition) is 0. The number of nitrogens with zero attached hydrogens (tertiary/aromatic N) is 1. The zero-order valence-electron chi connectivity index (χ0n) is 9.28. The zero-order valence-corrected chi connectivity index (χ0v) is 9.28. The number of hydrogen-bond acceptors (Lipinski definition) is 3.